The molecule has 0 aliphatic heterocycles. The molecule has 4 N–H and O–H groups in total. The lowest BCUT2D eigenvalue weighted by Crippen LogP contribution is -2.25. The van der Waals surface area contributed by atoms with Gasteiger partial charge in [-0.2, -0.15) is 0 Å². The minimum atomic E-state index is -1.73. The van der Waals surface area contributed by atoms with Crippen LogP contribution in [0, 0.1) is 0 Å². The second-order valence-corrected chi connectivity index (χ2v) is 2.28. The number of hydrogen-bond donors (Lipinski definition) is 4. The van der Waals surface area contributed by atoms with E-state index in [-0.39, 0.29) is 0 Å². The molecular weight excluding hydrogens is 224 g/mol. The Bertz CT molecular complexity index is 259. The Labute approximate surface area is 90.4 Å². The predicted octanol–water partition coefficient (Wildman–Crippen LogP) is -1.78. The van der Waals surface area contributed by atoms with Crippen LogP contribution in [0.5, 0.6) is 0 Å². The molecule has 0 saturated heterocycles. The molecule has 0 aliphatic rings. The lowest BCUT2D eigenvalue weighted by molar-refractivity contribution is -0.166. The Morgan fingerprint density at radius 1 is 1.31 bits per heavy atom. The summed E-state index contributed by atoms with van der Waals surface area (Å²) >= 11 is 0. The number of carbonyl (C=O) groups is 3. The van der Waals surface area contributed by atoms with Crippen molar-refractivity contribution in [3.05, 3.63) is 12.7 Å². The van der Waals surface area contributed by atoms with Crippen LogP contribution < -0.4 is 0 Å². The van der Waals surface area contributed by atoms with Crippen LogP contribution in [-0.4, -0.2) is 57.7 Å². The van der Waals surface area contributed by atoms with Gasteiger partial charge in [0.2, 0.25) is 0 Å². The quantitative estimate of drug-likeness (QED) is 0.255. The molecule has 92 valence electrons. The highest BCUT2D eigenvalue weighted by Gasteiger charge is 2.14. The van der Waals surface area contributed by atoms with Crippen molar-refractivity contribution in [1.82, 2.24) is 0 Å². The molecule has 0 amide bonds. The number of aliphatic carboxylic acids is 2. The highest BCUT2D eigenvalue weighted by molar-refractivity contribution is 6.28. The van der Waals surface area contributed by atoms with Crippen molar-refractivity contribution in [1.29, 1.82) is 0 Å². The first-order chi connectivity index (χ1) is 7.34. The van der Waals surface area contributed by atoms with Crippen molar-refractivity contribution in [2.75, 3.05) is 13.2 Å². The fourth-order valence-electron chi connectivity index (χ4n) is 0.286. The summed E-state index contributed by atoms with van der Waals surface area (Å²) in [5.74, 6) is -4.15. The van der Waals surface area contributed by atoms with Gasteiger partial charge in [0.25, 0.3) is 0 Å². The van der Waals surface area contributed by atoms with Gasteiger partial charge >= 0.3 is 17.9 Å². The normalized spacial score (nSPS) is 10.4. The standard InChI is InChI=1S/C5H8O6.C3H4O2/c6-1-3(7)2-11-5(10)4(8)9;1-2-3(4)5/h3,6-7H,1-2H2,(H,8,9);2H,1H2,(H,4,5). The topological polar surface area (TPSA) is 141 Å². The van der Waals surface area contributed by atoms with E-state index >= 15 is 0 Å². The molecule has 1 unspecified atom stereocenters. The number of carbonyl (C=O) groups excluding carboxylic acids is 1. The van der Waals surface area contributed by atoms with Gasteiger partial charge in [-0.05, 0) is 0 Å². The van der Waals surface area contributed by atoms with E-state index in [0.29, 0.717) is 0 Å². The summed E-state index contributed by atoms with van der Waals surface area (Å²) < 4.78 is 4.01. The van der Waals surface area contributed by atoms with Crippen LogP contribution in [-0.2, 0) is 19.1 Å². The largest absolute Gasteiger partial charge is 0.478 e. The van der Waals surface area contributed by atoms with Crippen LogP contribution in [0.25, 0.3) is 0 Å². The van der Waals surface area contributed by atoms with Crippen molar-refractivity contribution in [2.24, 2.45) is 0 Å². The third-order valence-corrected chi connectivity index (χ3v) is 0.967. The highest BCUT2D eigenvalue weighted by Crippen LogP contribution is 1.84. The SMILES string of the molecule is C=CC(=O)O.O=C(O)C(=O)OCC(O)CO. The lowest BCUT2D eigenvalue weighted by Gasteiger charge is -2.05. The third-order valence-electron chi connectivity index (χ3n) is 0.967. The molecule has 0 heterocycles. The van der Waals surface area contributed by atoms with Gasteiger partial charge in [-0.25, -0.2) is 14.4 Å². The zero-order chi connectivity index (χ0) is 13.1. The Hall–Kier alpha value is -1.93. The molecule has 8 heteroatoms. The van der Waals surface area contributed by atoms with Crippen LogP contribution in [0.15, 0.2) is 12.7 Å². The number of ether oxygens (including phenoxy) is 1. The van der Waals surface area contributed by atoms with Gasteiger partial charge < -0.3 is 25.2 Å². The maximum Gasteiger partial charge on any atom is 0.417 e. The van der Waals surface area contributed by atoms with Gasteiger partial charge in [0.1, 0.15) is 12.7 Å². The fraction of sp³-hybridized carbons (Fsp3) is 0.375. The van der Waals surface area contributed by atoms with E-state index in [2.05, 4.69) is 11.3 Å². The van der Waals surface area contributed by atoms with Crippen molar-refractivity contribution in [3.63, 3.8) is 0 Å². The second-order valence-electron chi connectivity index (χ2n) is 2.28. The van der Waals surface area contributed by atoms with Crippen LogP contribution in [0.4, 0.5) is 0 Å². The Morgan fingerprint density at radius 2 is 1.75 bits per heavy atom. The van der Waals surface area contributed by atoms with Crippen LogP contribution in [0.1, 0.15) is 0 Å². The van der Waals surface area contributed by atoms with E-state index in [9.17, 15) is 14.4 Å². The average Bonchev–Trinajstić information content (AvgIpc) is 2.25. The summed E-state index contributed by atoms with van der Waals surface area (Å²) in [5.41, 5.74) is 0. The van der Waals surface area contributed by atoms with Gasteiger partial charge in [-0.15, -0.1) is 0 Å². The van der Waals surface area contributed by atoms with Gasteiger partial charge in [0, 0.05) is 6.08 Å². The first kappa shape index (κ1) is 16.5. The van der Waals surface area contributed by atoms with Crippen molar-refractivity contribution < 1.29 is 39.5 Å². The average molecular weight is 236 g/mol. The predicted molar refractivity (Wildman–Crippen MR) is 49.5 cm³/mol. The maximum atomic E-state index is 10.1. The number of carboxylic acids is 2. The number of rotatable bonds is 4. The zero-order valence-electron chi connectivity index (χ0n) is 8.20. The smallest absolute Gasteiger partial charge is 0.417 e. The third kappa shape index (κ3) is 12.1. The molecular formula is C8H12O8. The number of esters is 1. The van der Waals surface area contributed by atoms with Crippen LogP contribution in [0.3, 0.4) is 0 Å². The molecule has 8 nitrogen and oxygen atoms in total. The summed E-state index contributed by atoms with van der Waals surface area (Å²) in [4.78, 5) is 29.2. The van der Waals surface area contributed by atoms with E-state index in [1.165, 1.54) is 0 Å². The number of carboxylic acid groups (broad SMARTS) is 2. The van der Waals surface area contributed by atoms with Gasteiger partial charge in [-0.1, -0.05) is 6.58 Å². The van der Waals surface area contributed by atoms with E-state index in [0.717, 1.165) is 6.08 Å². The molecule has 0 bridgehead atoms. The second kappa shape index (κ2) is 9.62. The van der Waals surface area contributed by atoms with Crippen LogP contribution in [0.2, 0.25) is 0 Å². The molecule has 0 spiro atoms. The molecule has 0 radical (unpaired) electrons. The van der Waals surface area contributed by atoms with Gasteiger partial charge in [-0.3, -0.25) is 0 Å². The molecule has 0 aromatic carbocycles. The molecule has 1 atom stereocenters. The highest BCUT2D eigenvalue weighted by atomic mass is 16.6. The first-order valence-corrected chi connectivity index (χ1v) is 3.89. The Kier molecular flexibility index (Phi) is 9.92. The van der Waals surface area contributed by atoms with Gasteiger partial charge in [0.15, 0.2) is 0 Å². The zero-order valence-corrected chi connectivity index (χ0v) is 8.20. The van der Waals surface area contributed by atoms with Gasteiger partial charge in [0.05, 0.1) is 6.61 Å². The molecule has 0 aliphatic carbocycles. The lowest BCUT2D eigenvalue weighted by atomic mass is 10.4. The maximum absolute atomic E-state index is 10.1. The molecule has 16 heavy (non-hydrogen) atoms. The summed E-state index contributed by atoms with van der Waals surface area (Å²) in [6.07, 6.45) is -0.390. The molecule has 0 aromatic heterocycles. The van der Waals surface area contributed by atoms with E-state index < -0.39 is 37.2 Å². The Morgan fingerprint density at radius 3 is 2.00 bits per heavy atom. The first-order valence-electron chi connectivity index (χ1n) is 3.89. The molecule has 0 fully saturated rings. The number of aliphatic hydroxyl groups is 2. The number of hydrogen-bond acceptors (Lipinski definition) is 6. The molecule has 0 rings (SSSR count). The van der Waals surface area contributed by atoms with Crippen molar-refractivity contribution in [3.8, 4) is 0 Å². The summed E-state index contributed by atoms with van der Waals surface area (Å²) in [6, 6.07) is 0. The summed E-state index contributed by atoms with van der Waals surface area (Å²) in [5, 5.41) is 32.3. The Balaban J connectivity index is 0. The van der Waals surface area contributed by atoms with E-state index in [4.69, 9.17) is 20.4 Å². The van der Waals surface area contributed by atoms with Crippen LogP contribution >= 0.6 is 0 Å². The molecule has 0 aromatic rings. The van der Waals surface area contributed by atoms with E-state index in [1.54, 1.807) is 0 Å². The van der Waals surface area contributed by atoms with Crippen molar-refractivity contribution in [2.45, 2.75) is 6.10 Å². The fourth-order valence-corrected chi connectivity index (χ4v) is 0.286. The van der Waals surface area contributed by atoms with Crippen molar-refractivity contribution >= 4 is 17.9 Å². The van der Waals surface area contributed by atoms with E-state index in [1.807, 2.05) is 0 Å². The number of aliphatic hydroxyl groups excluding tert-OH is 2. The summed E-state index contributed by atoms with van der Waals surface area (Å²) in [7, 11) is 0. The minimum absolute atomic E-state index is 0.512. The summed E-state index contributed by atoms with van der Waals surface area (Å²) in [6.45, 7) is 1.87. The minimum Gasteiger partial charge on any atom is -0.478 e. The molecule has 0 saturated carbocycles. The monoisotopic (exact) mass is 236 g/mol.